The summed E-state index contributed by atoms with van der Waals surface area (Å²) in [6.07, 6.45) is 2.46. The van der Waals surface area contributed by atoms with Crippen molar-refractivity contribution in [1.82, 2.24) is 5.32 Å². The van der Waals surface area contributed by atoms with E-state index < -0.39 is 0 Å². The minimum Gasteiger partial charge on any atom is -0.316 e. The molecule has 1 heteroatoms. The lowest BCUT2D eigenvalue weighted by atomic mass is 9.95. The highest BCUT2D eigenvalue weighted by molar-refractivity contribution is 5.33. The molecule has 1 fully saturated rings. The van der Waals surface area contributed by atoms with Gasteiger partial charge in [-0.1, -0.05) is 54.1 Å². The van der Waals surface area contributed by atoms with Crippen LogP contribution in [0.15, 0.2) is 48.5 Å². The summed E-state index contributed by atoms with van der Waals surface area (Å²) in [4.78, 5) is 0. The van der Waals surface area contributed by atoms with Gasteiger partial charge < -0.3 is 5.32 Å². The lowest BCUT2D eigenvalue weighted by Crippen LogP contribution is -2.30. The van der Waals surface area contributed by atoms with Gasteiger partial charge in [-0.3, -0.25) is 0 Å². The quantitative estimate of drug-likeness (QED) is 0.863. The first kappa shape index (κ1) is 14.3. The molecule has 2 aromatic rings. The summed E-state index contributed by atoms with van der Waals surface area (Å²) in [6.45, 7) is 4.41. The third kappa shape index (κ3) is 3.19. The molecule has 0 aromatic heterocycles. The monoisotopic (exact) mass is 279 g/mol. The molecule has 2 aromatic carbocycles. The van der Waals surface area contributed by atoms with E-state index in [1.54, 1.807) is 0 Å². The van der Waals surface area contributed by atoms with Gasteiger partial charge in [0, 0.05) is 6.04 Å². The number of hydrogen-bond acceptors (Lipinski definition) is 1. The summed E-state index contributed by atoms with van der Waals surface area (Å²) in [5, 5.41) is 3.56. The Labute approximate surface area is 128 Å². The van der Waals surface area contributed by atoms with E-state index >= 15 is 0 Å². The maximum atomic E-state index is 3.56. The lowest BCUT2D eigenvalue weighted by molar-refractivity contribution is 0.490. The zero-order valence-electron chi connectivity index (χ0n) is 13.3. The molecule has 3 unspecified atom stereocenters. The second kappa shape index (κ2) is 6.03. The highest BCUT2D eigenvalue weighted by atomic mass is 14.9. The van der Waals surface area contributed by atoms with Crippen LogP contribution in [-0.4, -0.2) is 13.1 Å². The third-order valence-electron chi connectivity index (χ3n) is 4.90. The van der Waals surface area contributed by atoms with Crippen LogP contribution >= 0.6 is 0 Å². The largest absolute Gasteiger partial charge is 0.316 e. The second-order valence-corrected chi connectivity index (χ2v) is 6.45. The van der Waals surface area contributed by atoms with E-state index in [1.165, 1.54) is 28.7 Å². The number of hydrogen-bond donors (Lipinski definition) is 1. The zero-order chi connectivity index (χ0) is 14.8. The van der Waals surface area contributed by atoms with E-state index in [-0.39, 0.29) is 0 Å². The molecule has 1 aliphatic carbocycles. The average Bonchev–Trinajstić information content (AvgIpc) is 3.29. The molecule has 0 aliphatic heterocycles. The highest BCUT2D eigenvalue weighted by Gasteiger charge is 2.43. The van der Waals surface area contributed by atoms with Crippen LogP contribution in [0.25, 0.3) is 0 Å². The minimum absolute atomic E-state index is 0.579. The van der Waals surface area contributed by atoms with E-state index in [2.05, 4.69) is 74.7 Å². The van der Waals surface area contributed by atoms with Crippen LogP contribution in [-0.2, 0) is 6.42 Å². The Hall–Kier alpha value is -1.60. The minimum atomic E-state index is 0.579. The van der Waals surface area contributed by atoms with Crippen LogP contribution in [0.4, 0.5) is 0 Å². The van der Waals surface area contributed by atoms with Crippen LogP contribution in [0, 0.1) is 19.8 Å². The molecule has 0 radical (unpaired) electrons. The molecule has 0 amide bonds. The molecule has 0 spiro atoms. The Morgan fingerprint density at radius 1 is 1.10 bits per heavy atom. The Morgan fingerprint density at radius 3 is 2.57 bits per heavy atom. The lowest BCUT2D eigenvalue weighted by Gasteiger charge is -2.18. The molecule has 1 nitrogen and oxygen atoms in total. The van der Waals surface area contributed by atoms with Gasteiger partial charge in [0.15, 0.2) is 0 Å². The predicted molar refractivity (Wildman–Crippen MR) is 89.8 cm³/mol. The SMILES string of the molecule is CNC(Cc1cc(C)ccc1C)C1CC1c1ccccc1. The van der Waals surface area contributed by atoms with Gasteiger partial charge in [0.2, 0.25) is 0 Å². The van der Waals surface area contributed by atoms with Crippen molar-refractivity contribution in [3.05, 3.63) is 70.8 Å². The number of rotatable bonds is 5. The molecular formula is C20H25N. The van der Waals surface area contributed by atoms with Crippen molar-refractivity contribution in [3.8, 4) is 0 Å². The Kier molecular flexibility index (Phi) is 4.12. The van der Waals surface area contributed by atoms with E-state index in [0.29, 0.717) is 6.04 Å². The fourth-order valence-corrected chi connectivity index (χ4v) is 3.47. The Morgan fingerprint density at radius 2 is 1.86 bits per heavy atom. The van der Waals surface area contributed by atoms with Gasteiger partial charge in [0.1, 0.15) is 0 Å². The van der Waals surface area contributed by atoms with Crippen LogP contribution in [0.5, 0.6) is 0 Å². The molecule has 1 N–H and O–H groups in total. The van der Waals surface area contributed by atoms with E-state index in [0.717, 1.165) is 18.3 Å². The fraction of sp³-hybridized carbons (Fsp3) is 0.400. The molecule has 1 saturated carbocycles. The summed E-state index contributed by atoms with van der Waals surface area (Å²) < 4.78 is 0. The summed E-state index contributed by atoms with van der Waals surface area (Å²) in [5.74, 6) is 1.52. The van der Waals surface area contributed by atoms with Crippen molar-refractivity contribution >= 4 is 0 Å². The predicted octanol–water partition coefficient (Wildman–Crippen LogP) is 4.24. The number of benzene rings is 2. The molecule has 1 aliphatic rings. The van der Waals surface area contributed by atoms with E-state index in [9.17, 15) is 0 Å². The standard InChI is InChI=1S/C20H25N/c1-14-9-10-15(2)17(11-14)12-20(21-3)19-13-18(19)16-7-5-4-6-8-16/h4-11,18-21H,12-13H2,1-3H3. The summed E-state index contributed by atoms with van der Waals surface area (Å²) in [6, 6.07) is 18.3. The van der Waals surface area contributed by atoms with Crippen LogP contribution in [0.1, 0.15) is 34.6 Å². The fourth-order valence-electron chi connectivity index (χ4n) is 3.47. The van der Waals surface area contributed by atoms with Gasteiger partial charge in [-0.05, 0) is 62.3 Å². The molecule has 0 bridgehead atoms. The first-order chi connectivity index (χ1) is 10.2. The maximum absolute atomic E-state index is 3.56. The van der Waals surface area contributed by atoms with Crippen molar-refractivity contribution in [3.63, 3.8) is 0 Å². The number of aryl methyl sites for hydroxylation is 2. The summed E-state index contributed by atoms with van der Waals surface area (Å²) in [5.41, 5.74) is 5.77. The first-order valence-corrected chi connectivity index (χ1v) is 7.97. The van der Waals surface area contributed by atoms with Crippen molar-refractivity contribution in [1.29, 1.82) is 0 Å². The zero-order valence-corrected chi connectivity index (χ0v) is 13.3. The third-order valence-corrected chi connectivity index (χ3v) is 4.90. The van der Waals surface area contributed by atoms with Crippen molar-refractivity contribution in [2.75, 3.05) is 7.05 Å². The highest BCUT2D eigenvalue weighted by Crippen LogP contribution is 2.50. The first-order valence-electron chi connectivity index (χ1n) is 7.97. The molecule has 21 heavy (non-hydrogen) atoms. The smallest absolute Gasteiger partial charge is 0.0139 e. The average molecular weight is 279 g/mol. The van der Waals surface area contributed by atoms with Crippen LogP contribution < -0.4 is 5.32 Å². The molecule has 0 saturated heterocycles. The van der Waals surface area contributed by atoms with Gasteiger partial charge in [0.05, 0.1) is 0 Å². The molecule has 0 heterocycles. The summed E-state index contributed by atoms with van der Waals surface area (Å²) >= 11 is 0. The Bertz CT molecular complexity index is 602. The van der Waals surface area contributed by atoms with Gasteiger partial charge in [0.25, 0.3) is 0 Å². The van der Waals surface area contributed by atoms with E-state index in [1.807, 2.05) is 0 Å². The molecule has 3 rings (SSSR count). The van der Waals surface area contributed by atoms with Gasteiger partial charge >= 0.3 is 0 Å². The second-order valence-electron chi connectivity index (χ2n) is 6.45. The molecule has 3 atom stereocenters. The van der Waals surface area contributed by atoms with Crippen LogP contribution in [0.2, 0.25) is 0 Å². The number of nitrogens with one attached hydrogen (secondary N) is 1. The normalized spacial score (nSPS) is 22.0. The van der Waals surface area contributed by atoms with Crippen LogP contribution in [0.3, 0.4) is 0 Å². The summed E-state index contributed by atoms with van der Waals surface area (Å²) in [7, 11) is 2.11. The maximum Gasteiger partial charge on any atom is 0.0139 e. The van der Waals surface area contributed by atoms with Gasteiger partial charge in [-0.25, -0.2) is 0 Å². The van der Waals surface area contributed by atoms with Gasteiger partial charge in [-0.2, -0.15) is 0 Å². The Balaban J connectivity index is 1.71. The topological polar surface area (TPSA) is 12.0 Å². The van der Waals surface area contributed by atoms with E-state index in [4.69, 9.17) is 0 Å². The van der Waals surface area contributed by atoms with Gasteiger partial charge in [-0.15, -0.1) is 0 Å². The number of likely N-dealkylation sites (N-methyl/N-ethyl adjacent to an activating group) is 1. The molecular weight excluding hydrogens is 254 g/mol. The van der Waals surface area contributed by atoms with Crippen molar-refractivity contribution in [2.24, 2.45) is 5.92 Å². The van der Waals surface area contributed by atoms with Crippen molar-refractivity contribution in [2.45, 2.75) is 38.6 Å². The van der Waals surface area contributed by atoms with Crippen molar-refractivity contribution < 1.29 is 0 Å². The molecule has 110 valence electrons.